The van der Waals surface area contributed by atoms with Crippen molar-refractivity contribution in [2.24, 2.45) is 0 Å². The van der Waals surface area contributed by atoms with Gasteiger partial charge in [-0.1, -0.05) is 24.3 Å². The first-order valence-corrected chi connectivity index (χ1v) is 7.07. The number of rotatable bonds is 5. The van der Waals surface area contributed by atoms with Gasteiger partial charge >= 0.3 is 0 Å². The third kappa shape index (κ3) is 2.94. The highest BCUT2D eigenvalue weighted by atomic mass is 16.5. The van der Waals surface area contributed by atoms with E-state index in [1.807, 2.05) is 7.05 Å². The molecule has 0 bridgehead atoms. The van der Waals surface area contributed by atoms with Crippen LogP contribution in [0.5, 0.6) is 5.75 Å². The van der Waals surface area contributed by atoms with Crippen molar-refractivity contribution in [1.82, 2.24) is 5.32 Å². The van der Waals surface area contributed by atoms with E-state index < -0.39 is 0 Å². The Bertz CT molecular complexity index is 578. The zero-order valence-electron chi connectivity index (χ0n) is 11.8. The van der Waals surface area contributed by atoms with Gasteiger partial charge in [0.15, 0.2) is 0 Å². The van der Waals surface area contributed by atoms with Crippen molar-refractivity contribution in [3.8, 4) is 5.75 Å². The molecule has 1 heterocycles. The van der Waals surface area contributed by atoms with Crippen LogP contribution in [0, 0.1) is 0 Å². The van der Waals surface area contributed by atoms with Gasteiger partial charge < -0.3 is 15.4 Å². The molecule has 0 unspecified atom stereocenters. The summed E-state index contributed by atoms with van der Waals surface area (Å²) in [7, 11) is 1.94. The summed E-state index contributed by atoms with van der Waals surface area (Å²) in [6.07, 6.45) is 1.04. The largest absolute Gasteiger partial charge is 0.493 e. The highest BCUT2D eigenvalue weighted by molar-refractivity contribution is 5.44. The maximum absolute atomic E-state index is 5.52. The van der Waals surface area contributed by atoms with Gasteiger partial charge in [-0.05, 0) is 34.9 Å². The summed E-state index contributed by atoms with van der Waals surface area (Å²) >= 11 is 0. The minimum absolute atomic E-state index is 0.823. The molecule has 0 saturated carbocycles. The molecule has 3 nitrogen and oxygen atoms in total. The van der Waals surface area contributed by atoms with Gasteiger partial charge in [0.25, 0.3) is 0 Å². The monoisotopic (exact) mass is 268 g/mol. The molecule has 0 radical (unpaired) electrons. The van der Waals surface area contributed by atoms with Gasteiger partial charge in [-0.25, -0.2) is 0 Å². The van der Waals surface area contributed by atoms with Crippen molar-refractivity contribution in [2.75, 3.05) is 19.0 Å². The molecule has 1 aliphatic heterocycles. The van der Waals surface area contributed by atoms with E-state index in [0.717, 1.165) is 37.6 Å². The Balaban J connectivity index is 1.54. The van der Waals surface area contributed by atoms with E-state index in [4.69, 9.17) is 4.74 Å². The lowest BCUT2D eigenvalue weighted by molar-refractivity contribution is 0.357. The van der Waals surface area contributed by atoms with Crippen LogP contribution in [0.4, 0.5) is 5.69 Å². The molecular weight excluding hydrogens is 248 g/mol. The zero-order chi connectivity index (χ0) is 13.8. The topological polar surface area (TPSA) is 33.3 Å². The molecule has 0 fully saturated rings. The first-order valence-electron chi connectivity index (χ1n) is 7.07. The molecule has 0 aliphatic carbocycles. The van der Waals surface area contributed by atoms with Crippen molar-refractivity contribution in [1.29, 1.82) is 0 Å². The van der Waals surface area contributed by atoms with E-state index in [1.54, 1.807) is 0 Å². The fourth-order valence-corrected chi connectivity index (χ4v) is 2.49. The van der Waals surface area contributed by atoms with Crippen molar-refractivity contribution in [3.05, 3.63) is 59.2 Å². The molecule has 1 aliphatic rings. The first kappa shape index (κ1) is 13.0. The molecule has 20 heavy (non-hydrogen) atoms. The van der Waals surface area contributed by atoms with Crippen molar-refractivity contribution >= 4 is 5.69 Å². The Morgan fingerprint density at radius 2 is 1.75 bits per heavy atom. The lowest BCUT2D eigenvalue weighted by atomic mass is 10.1. The second-order valence-electron chi connectivity index (χ2n) is 5.09. The van der Waals surface area contributed by atoms with E-state index in [0.29, 0.717) is 0 Å². The van der Waals surface area contributed by atoms with Crippen LogP contribution >= 0.6 is 0 Å². The molecule has 104 valence electrons. The molecule has 2 aromatic carbocycles. The van der Waals surface area contributed by atoms with Gasteiger partial charge in [-0.2, -0.15) is 0 Å². The number of hydrogen-bond acceptors (Lipinski definition) is 3. The molecule has 0 amide bonds. The normalized spacial score (nSPS) is 12.8. The standard InChI is InChI=1S/C17H20N2O/c1-18-16-5-2-13(3-6-16)11-19-12-14-4-7-17-15(10-14)8-9-20-17/h2-7,10,18-19H,8-9,11-12H2,1H3. The Morgan fingerprint density at radius 1 is 1.00 bits per heavy atom. The van der Waals surface area contributed by atoms with E-state index in [2.05, 4.69) is 53.1 Å². The summed E-state index contributed by atoms with van der Waals surface area (Å²) in [4.78, 5) is 0. The number of anilines is 1. The molecule has 3 rings (SSSR count). The predicted octanol–water partition coefficient (Wildman–Crippen LogP) is 2.95. The second-order valence-corrected chi connectivity index (χ2v) is 5.09. The van der Waals surface area contributed by atoms with Gasteiger partial charge in [0, 0.05) is 32.2 Å². The van der Waals surface area contributed by atoms with Gasteiger partial charge in [-0.3, -0.25) is 0 Å². The maximum atomic E-state index is 5.52. The van der Waals surface area contributed by atoms with Crippen molar-refractivity contribution in [2.45, 2.75) is 19.5 Å². The number of nitrogens with one attached hydrogen (secondary N) is 2. The second kappa shape index (κ2) is 5.97. The van der Waals surface area contributed by atoms with Crippen LogP contribution < -0.4 is 15.4 Å². The van der Waals surface area contributed by atoms with Crippen molar-refractivity contribution in [3.63, 3.8) is 0 Å². The van der Waals surface area contributed by atoms with Crippen LogP contribution in [0.3, 0.4) is 0 Å². The lowest BCUT2D eigenvalue weighted by Gasteiger charge is -2.07. The smallest absolute Gasteiger partial charge is 0.122 e. The molecule has 3 heteroatoms. The SMILES string of the molecule is CNc1ccc(CNCc2ccc3c(c2)CCO3)cc1. The Hall–Kier alpha value is -2.00. The Kier molecular flexibility index (Phi) is 3.88. The fourth-order valence-electron chi connectivity index (χ4n) is 2.49. The Labute approximate surface area is 120 Å². The summed E-state index contributed by atoms with van der Waals surface area (Å²) in [6.45, 7) is 2.60. The summed E-state index contributed by atoms with van der Waals surface area (Å²) in [5, 5.41) is 6.61. The molecule has 0 saturated heterocycles. The quantitative estimate of drug-likeness (QED) is 0.874. The summed E-state index contributed by atoms with van der Waals surface area (Å²) in [5.41, 5.74) is 5.10. The molecule has 0 spiro atoms. The van der Waals surface area contributed by atoms with Crippen LogP contribution in [-0.2, 0) is 19.5 Å². The van der Waals surface area contributed by atoms with Crippen LogP contribution in [0.25, 0.3) is 0 Å². The van der Waals surface area contributed by atoms with Gasteiger partial charge in [0.05, 0.1) is 6.61 Å². The van der Waals surface area contributed by atoms with Crippen molar-refractivity contribution < 1.29 is 4.74 Å². The number of hydrogen-bond donors (Lipinski definition) is 2. The van der Waals surface area contributed by atoms with Crippen LogP contribution in [0.1, 0.15) is 16.7 Å². The predicted molar refractivity (Wildman–Crippen MR) is 82.2 cm³/mol. The third-order valence-electron chi connectivity index (χ3n) is 3.65. The molecule has 2 aromatic rings. The number of benzene rings is 2. The van der Waals surface area contributed by atoms with E-state index >= 15 is 0 Å². The zero-order valence-corrected chi connectivity index (χ0v) is 11.8. The van der Waals surface area contributed by atoms with E-state index in [9.17, 15) is 0 Å². The van der Waals surface area contributed by atoms with Crippen LogP contribution in [-0.4, -0.2) is 13.7 Å². The number of fused-ring (bicyclic) bond motifs is 1. The molecule has 2 N–H and O–H groups in total. The summed E-state index contributed by atoms with van der Waals surface area (Å²) < 4.78 is 5.52. The minimum Gasteiger partial charge on any atom is -0.493 e. The van der Waals surface area contributed by atoms with E-state index in [-0.39, 0.29) is 0 Å². The summed E-state index contributed by atoms with van der Waals surface area (Å²) in [5.74, 6) is 1.05. The lowest BCUT2D eigenvalue weighted by Crippen LogP contribution is -2.12. The van der Waals surface area contributed by atoms with E-state index in [1.165, 1.54) is 16.7 Å². The van der Waals surface area contributed by atoms with Gasteiger partial charge in [0.2, 0.25) is 0 Å². The Morgan fingerprint density at radius 3 is 2.55 bits per heavy atom. The van der Waals surface area contributed by atoms with Crippen LogP contribution in [0.2, 0.25) is 0 Å². The number of ether oxygens (including phenoxy) is 1. The maximum Gasteiger partial charge on any atom is 0.122 e. The molecule has 0 aromatic heterocycles. The van der Waals surface area contributed by atoms with Gasteiger partial charge in [-0.15, -0.1) is 0 Å². The molecular formula is C17H20N2O. The highest BCUT2D eigenvalue weighted by Gasteiger charge is 2.11. The fraction of sp³-hybridized carbons (Fsp3) is 0.294. The summed E-state index contributed by atoms with van der Waals surface area (Å²) in [6, 6.07) is 15.0. The van der Waals surface area contributed by atoms with Crippen LogP contribution in [0.15, 0.2) is 42.5 Å². The average Bonchev–Trinajstić information content (AvgIpc) is 2.95. The van der Waals surface area contributed by atoms with Gasteiger partial charge in [0.1, 0.15) is 5.75 Å². The average molecular weight is 268 g/mol. The molecule has 0 atom stereocenters. The third-order valence-corrected chi connectivity index (χ3v) is 3.65. The first-order chi connectivity index (χ1) is 9.85. The minimum atomic E-state index is 0.823. The highest BCUT2D eigenvalue weighted by Crippen LogP contribution is 2.25.